The summed E-state index contributed by atoms with van der Waals surface area (Å²) in [5.74, 6) is -0.468. The van der Waals surface area contributed by atoms with E-state index in [1.807, 2.05) is 24.3 Å². The van der Waals surface area contributed by atoms with Gasteiger partial charge in [0.2, 0.25) is 5.91 Å². The van der Waals surface area contributed by atoms with E-state index in [0.717, 1.165) is 34.9 Å². The molecule has 24 heavy (non-hydrogen) atoms. The SMILES string of the molecule is O=C(/C=C/c1ccc2cn[nH]c2c1)NC1CCc2cccc(F)c21. The van der Waals surface area contributed by atoms with E-state index < -0.39 is 0 Å². The molecule has 5 heteroatoms. The molecule has 0 bridgehead atoms. The number of nitrogens with one attached hydrogen (secondary N) is 2. The molecule has 0 fully saturated rings. The Morgan fingerprint density at radius 2 is 2.25 bits per heavy atom. The number of aryl methyl sites for hydroxylation is 1. The number of carbonyl (C=O) groups is 1. The van der Waals surface area contributed by atoms with Crippen molar-refractivity contribution in [2.45, 2.75) is 18.9 Å². The molecule has 0 saturated carbocycles. The maximum Gasteiger partial charge on any atom is 0.244 e. The second-order valence-corrected chi connectivity index (χ2v) is 5.96. The number of rotatable bonds is 3. The third-order valence-electron chi connectivity index (χ3n) is 4.40. The largest absolute Gasteiger partial charge is 0.346 e. The van der Waals surface area contributed by atoms with Crippen molar-refractivity contribution in [2.75, 3.05) is 0 Å². The van der Waals surface area contributed by atoms with E-state index >= 15 is 0 Å². The number of aromatic amines is 1. The first-order chi connectivity index (χ1) is 11.7. The summed E-state index contributed by atoms with van der Waals surface area (Å²) >= 11 is 0. The summed E-state index contributed by atoms with van der Waals surface area (Å²) in [4.78, 5) is 12.2. The maximum absolute atomic E-state index is 14.0. The summed E-state index contributed by atoms with van der Waals surface area (Å²) in [5, 5.41) is 10.8. The van der Waals surface area contributed by atoms with Gasteiger partial charge in [0.15, 0.2) is 0 Å². The van der Waals surface area contributed by atoms with Gasteiger partial charge in [-0.3, -0.25) is 9.89 Å². The van der Waals surface area contributed by atoms with Crippen LogP contribution < -0.4 is 5.32 Å². The van der Waals surface area contributed by atoms with Crippen molar-refractivity contribution in [3.63, 3.8) is 0 Å². The molecular weight excluding hydrogens is 305 g/mol. The topological polar surface area (TPSA) is 57.8 Å². The molecule has 2 N–H and O–H groups in total. The number of H-pyrrole nitrogens is 1. The molecule has 1 amide bonds. The second-order valence-electron chi connectivity index (χ2n) is 5.96. The molecule has 2 aromatic carbocycles. The Bertz CT molecular complexity index is 945. The fourth-order valence-corrected chi connectivity index (χ4v) is 3.23. The lowest BCUT2D eigenvalue weighted by Crippen LogP contribution is -2.25. The van der Waals surface area contributed by atoms with Gasteiger partial charge < -0.3 is 5.32 Å². The van der Waals surface area contributed by atoms with Gasteiger partial charge in [-0.1, -0.05) is 24.3 Å². The van der Waals surface area contributed by atoms with Gasteiger partial charge in [-0.2, -0.15) is 5.10 Å². The molecule has 4 nitrogen and oxygen atoms in total. The molecule has 1 unspecified atom stereocenters. The molecule has 0 saturated heterocycles. The molecule has 0 radical (unpaired) electrons. The van der Waals surface area contributed by atoms with Crippen molar-refractivity contribution in [3.05, 3.63) is 71.2 Å². The van der Waals surface area contributed by atoms with Gasteiger partial charge in [0, 0.05) is 17.0 Å². The van der Waals surface area contributed by atoms with Gasteiger partial charge in [-0.25, -0.2) is 4.39 Å². The van der Waals surface area contributed by atoms with E-state index in [1.165, 1.54) is 12.1 Å². The Balaban J connectivity index is 1.48. The number of aromatic nitrogens is 2. The lowest BCUT2D eigenvalue weighted by molar-refractivity contribution is -0.117. The highest BCUT2D eigenvalue weighted by atomic mass is 19.1. The number of halogens is 1. The number of hydrogen-bond donors (Lipinski definition) is 2. The van der Waals surface area contributed by atoms with Crippen LogP contribution in [0.1, 0.15) is 29.2 Å². The van der Waals surface area contributed by atoms with Crippen LogP contribution in [0, 0.1) is 5.82 Å². The summed E-state index contributed by atoms with van der Waals surface area (Å²) in [7, 11) is 0. The van der Waals surface area contributed by atoms with Gasteiger partial charge >= 0.3 is 0 Å². The van der Waals surface area contributed by atoms with Crippen molar-refractivity contribution < 1.29 is 9.18 Å². The highest BCUT2D eigenvalue weighted by Crippen LogP contribution is 2.32. The minimum atomic E-state index is -0.256. The van der Waals surface area contributed by atoms with Crippen LogP contribution in [-0.2, 0) is 11.2 Å². The smallest absolute Gasteiger partial charge is 0.244 e. The zero-order valence-electron chi connectivity index (χ0n) is 12.9. The highest BCUT2D eigenvalue weighted by molar-refractivity contribution is 5.92. The van der Waals surface area contributed by atoms with E-state index in [4.69, 9.17) is 0 Å². The fraction of sp³-hybridized carbons (Fsp3) is 0.158. The van der Waals surface area contributed by atoms with E-state index in [2.05, 4.69) is 15.5 Å². The molecule has 4 rings (SSSR count). The number of amides is 1. The average molecular weight is 321 g/mol. The van der Waals surface area contributed by atoms with Crippen molar-refractivity contribution >= 4 is 22.9 Å². The molecule has 1 aliphatic carbocycles. The first-order valence-corrected chi connectivity index (χ1v) is 7.90. The van der Waals surface area contributed by atoms with E-state index in [9.17, 15) is 9.18 Å². The standard InChI is InChI=1S/C19H16FN3O/c20-15-3-1-2-13-7-8-16(19(13)15)22-18(24)9-5-12-4-6-14-11-21-23-17(14)10-12/h1-6,9-11,16H,7-8H2,(H,21,23)(H,22,24)/b9-5+. The lowest BCUT2D eigenvalue weighted by Gasteiger charge is -2.13. The molecule has 1 heterocycles. The second kappa shape index (κ2) is 5.92. The zero-order valence-corrected chi connectivity index (χ0v) is 12.9. The monoisotopic (exact) mass is 321 g/mol. The Morgan fingerprint density at radius 1 is 1.33 bits per heavy atom. The van der Waals surface area contributed by atoms with E-state index in [0.29, 0.717) is 5.56 Å². The number of nitrogens with zero attached hydrogens (tertiary/aromatic N) is 1. The van der Waals surface area contributed by atoms with Crippen LogP contribution in [0.3, 0.4) is 0 Å². The quantitative estimate of drug-likeness (QED) is 0.725. The third-order valence-corrected chi connectivity index (χ3v) is 4.40. The molecule has 1 aliphatic rings. The number of hydrogen-bond acceptors (Lipinski definition) is 2. The van der Waals surface area contributed by atoms with Crippen molar-refractivity contribution in [1.82, 2.24) is 15.5 Å². The van der Waals surface area contributed by atoms with Crippen LogP contribution >= 0.6 is 0 Å². The molecule has 0 aliphatic heterocycles. The minimum Gasteiger partial charge on any atom is -0.346 e. The predicted molar refractivity (Wildman–Crippen MR) is 90.7 cm³/mol. The Kier molecular flexibility index (Phi) is 3.61. The first kappa shape index (κ1) is 14.6. The van der Waals surface area contributed by atoms with Crippen LogP contribution in [0.5, 0.6) is 0 Å². The Morgan fingerprint density at radius 3 is 3.17 bits per heavy atom. The maximum atomic E-state index is 14.0. The number of benzene rings is 2. The fourth-order valence-electron chi connectivity index (χ4n) is 3.23. The summed E-state index contributed by atoms with van der Waals surface area (Å²) in [6, 6.07) is 10.6. The molecule has 1 atom stereocenters. The van der Waals surface area contributed by atoms with Crippen molar-refractivity contribution in [2.24, 2.45) is 0 Å². The Labute approximate surface area is 138 Å². The highest BCUT2D eigenvalue weighted by Gasteiger charge is 2.26. The molecular formula is C19H16FN3O. The summed E-state index contributed by atoms with van der Waals surface area (Å²) in [5.41, 5.74) is 3.43. The minimum absolute atomic E-state index is 0.221. The van der Waals surface area contributed by atoms with Gasteiger partial charge in [-0.15, -0.1) is 0 Å². The summed E-state index contributed by atoms with van der Waals surface area (Å²) < 4.78 is 14.0. The van der Waals surface area contributed by atoms with E-state index in [1.54, 1.807) is 18.3 Å². The van der Waals surface area contributed by atoms with Crippen LogP contribution in [0.4, 0.5) is 4.39 Å². The predicted octanol–water partition coefficient (Wildman–Crippen LogP) is 3.52. The third kappa shape index (κ3) is 2.69. The number of carbonyl (C=O) groups excluding carboxylic acids is 1. The normalized spacial score (nSPS) is 16.6. The van der Waals surface area contributed by atoms with Crippen LogP contribution in [0.25, 0.3) is 17.0 Å². The van der Waals surface area contributed by atoms with Gasteiger partial charge in [0.1, 0.15) is 5.82 Å². The van der Waals surface area contributed by atoms with E-state index in [-0.39, 0.29) is 17.8 Å². The molecule has 3 aromatic rings. The van der Waals surface area contributed by atoms with Crippen LogP contribution in [0.2, 0.25) is 0 Å². The lowest BCUT2D eigenvalue weighted by atomic mass is 10.1. The van der Waals surface area contributed by atoms with Gasteiger partial charge in [0.25, 0.3) is 0 Å². The number of fused-ring (bicyclic) bond motifs is 2. The van der Waals surface area contributed by atoms with Crippen molar-refractivity contribution in [3.8, 4) is 0 Å². The summed E-state index contributed by atoms with van der Waals surface area (Å²) in [6.45, 7) is 0. The molecule has 0 spiro atoms. The zero-order chi connectivity index (χ0) is 16.5. The summed E-state index contributed by atoms with van der Waals surface area (Å²) in [6.07, 6.45) is 6.50. The average Bonchev–Trinajstić information content (AvgIpc) is 3.20. The van der Waals surface area contributed by atoms with Gasteiger partial charge in [-0.05, 0) is 42.2 Å². The van der Waals surface area contributed by atoms with Crippen molar-refractivity contribution in [1.29, 1.82) is 0 Å². The first-order valence-electron chi connectivity index (χ1n) is 7.90. The Hall–Kier alpha value is -2.95. The molecule has 120 valence electrons. The van der Waals surface area contributed by atoms with Crippen LogP contribution in [0.15, 0.2) is 48.7 Å². The van der Waals surface area contributed by atoms with Gasteiger partial charge in [0.05, 0.1) is 17.8 Å². The molecule has 1 aromatic heterocycles. The van der Waals surface area contributed by atoms with Crippen LogP contribution in [-0.4, -0.2) is 16.1 Å².